The maximum atomic E-state index is 12.2. The highest BCUT2D eigenvalue weighted by molar-refractivity contribution is 9.10. The minimum absolute atomic E-state index is 0.00392. The van der Waals surface area contributed by atoms with Gasteiger partial charge in [-0.05, 0) is 36.4 Å². The Morgan fingerprint density at radius 2 is 1.86 bits per heavy atom. The van der Waals surface area contributed by atoms with Crippen LogP contribution in [0.2, 0.25) is 0 Å². The van der Waals surface area contributed by atoms with Gasteiger partial charge in [-0.3, -0.25) is 4.79 Å². The molecule has 0 radical (unpaired) electrons. The van der Waals surface area contributed by atoms with Crippen LogP contribution in [0.15, 0.2) is 45.3 Å². The van der Waals surface area contributed by atoms with Gasteiger partial charge in [-0.15, -0.1) is 0 Å². The molecule has 1 amide bonds. The number of ether oxygens (including phenoxy) is 2. The second kappa shape index (κ2) is 9.55. The van der Waals surface area contributed by atoms with E-state index < -0.39 is 15.9 Å². The lowest BCUT2D eigenvalue weighted by Gasteiger charge is -2.25. The largest absolute Gasteiger partial charge is 0.486 e. The molecular formula is C18H21BrN2O6S. The molecule has 8 nitrogen and oxygen atoms in total. The zero-order valence-corrected chi connectivity index (χ0v) is 17.5. The number of morpholine rings is 1. The Morgan fingerprint density at radius 3 is 2.57 bits per heavy atom. The van der Waals surface area contributed by atoms with Crippen molar-refractivity contribution < 1.29 is 27.1 Å². The Hall–Kier alpha value is -1.88. The molecule has 0 spiro atoms. The fraction of sp³-hybridized carbons (Fsp3) is 0.389. The van der Waals surface area contributed by atoms with Crippen LogP contribution in [0.5, 0.6) is 5.75 Å². The lowest BCUT2D eigenvalue weighted by Crippen LogP contribution is -2.43. The highest BCUT2D eigenvalue weighted by Gasteiger charge is 2.24. The second-order valence-electron chi connectivity index (χ2n) is 6.09. The monoisotopic (exact) mass is 472 g/mol. The number of halogens is 1. The molecule has 3 rings (SSSR count). The van der Waals surface area contributed by atoms with Crippen LogP contribution >= 0.6 is 15.9 Å². The number of furan rings is 1. The molecule has 1 aromatic carbocycles. The average Bonchev–Trinajstić information content (AvgIpc) is 3.17. The molecule has 0 unspecified atom stereocenters. The number of nitrogens with zero attached hydrogens (tertiary/aromatic N) is 1. The van der Waals surface area contributed by atoms with Gasteiger partial charge in [-0.25, -0.2) is 8.42 Å². The number of benzene rings is 1. The van der Waals surface area contributed by atoms with Gasteiger partial charge in [0.2, 0.25) is 10.0 Å². The summed E-state index contributed by atoms with van der Waals surface area (Å²) in [7, 11) is -3.41. The van der Waals surface area contributed by atoms with Crippen LogP contribution in [0.3, 0.4) is 0 Å². The molecule has 28 heavy (non-hydrogen) atoms. The first kappa shape index (κ1) is 20.8. The zero-order chi connectivity index (χ0) is 20.0. The summed E-state index contributed by atoms with van der Waals surface area (Å²) in [5, 5.41) is 2.57. The number of nitrogens with one attached hydrogen (secondary N) is 1. The van der Waals surface area contributed by atoms with Crippen LogP contribution < -0.4 is 10.1 Å². The molecule has 1 aromatic heterocycles. The number of carbonyl (C=O) groups is 1. The second-order valence-corrected chi connectivity index (χ2v) is 9.10. The summed E-state index contributed by atoms with van der Waals surface area (Å²) in [4.78, 5) is 12.2. The topological polar surface area (TPSA) is 98.1 Å². The molecule has 2 heterocycles. The van der Waals surface area contributed by atoms with E-state index >= 15 is 0 Å². The third kappa shape index (κ3) is 5.81. The molecule has 152 valence electrons. The fourth-order valence-corrected chi connectivity index (χ4v) is 4.19. The maximum absolute atomic E-state index is 12.2. The number of sulfonamides is 1. The van der Waals surface area contributed by atoms with E-state index in [1.165, 1.54) is 10.4 Å². The summed E-state index contributed by atoms with van der Waals surface area (Å²) in [6.45, 7) is 1.66. The van der Waals surface area contributed by atoms with Crippen molar-refractivity contribution in [3.8, 4) is 5.75 Å². The molecule has 1 aliphatic heterocycles. The van der Waals surface area contributed by atoms with Gasteiger partial charge in [-0.2, -0.15) is 4.31 Å². The summed E-state index contributed by atoms with van der Waals surface area (Å²) in [5.74, 6) is 0.650. The van der Waals surface area contributed by atoms with E-state index in [0.29, 0.717) is 37.8 Å². The van der Waals surface area contributed by atoms with Gasteiger partial charge >= 0.3 is 0 Å². The van der Waals surface area contributed by atoms with Crippen LogP contribution in [0.25, 0.3) is 0 Å². The highest BCUT2D eigenvalue weighted by atomic mass is 79.9. The van der Waals surface area contributed by atoms with E-state index in [4.69, 9.17) is 13.9 Å². The first-order valence-electron chi connectivity index (χ1n) is 8.75. The molecule has 0 bridgehead atoms. The number of amides is 1. The van der Waals surface area contributed by atoms with Crippen molar-refractivity contribution in [3.05, 3.63) is 52.4 Å². The quantitative estimate of drug-likeness (QED) is 0.630. The van der Waals surface area contributed by atoms with Crippen LogP contribution in [0, 0.1) is 0 Å². The van der Waals surface area contributed by atoms with Gasteiger partial charge in [0.15, 0.2) is 5.76 Å². The van der Waals surface area contributed by atoms with Crippen LogP contribution in [0.1, 0.15) is 16.3 Å². The summed E-state index contributed by atoms with van der Waals surface area (Å²) in [6, 6.07) is 10.5. The fourth-order valence-electron chi connectivity index (χ4n) is 2.60. The maximum Gasteiger partial charge on any atom is 0.287 e. The van der Waals surface area contributed by atoms with Crippen molar-refractivity contribution in [1.82, 2.24) is 9.62 Å². The Labute approximate surface area is 172 Å². The summed E-state index contributed by atoms with van der Waals surface area (Å²) < 4.78 is 43.0. The lowest BCUT2D eigenvalue weighted by molar-refractivity contribution is 0.0730. The van der Waals surface area contributed by atoms with Crippen molar-refractivity contribution >= 4 is 31.9 Å². The summed E-state index contributed by atoms with van der Waals surface area (Å²) in [6.07, 6.45) is 0. The molecule has 2 aromatic rings. The normalized spacial score (nSPS) is 15.3. The molecule has 1 fully saturated rings. The van der Waals surface area contributed by atoms with Gasteiger partial charge in [-0.1, -0.05) is 15.9 Å². The number of hydrogen-bond acceptors (Lipinski definition) is 6. The smallest absolute Gasteiger partial charge is 0.287 e. The minimum Gasteiger partial charge on any atom is -0.486 e. The predicted octanol–water partition coefficient (Wildman–Crippen LogP) is 2.01. The van der Waals surface area contributed by atoms with Crippen LogP contribution in [0.4, 0.5) is 0 Å². The number of hydrogen-bond donors (Lipinski definition) is 1. The molecule has 0 atom stereocenters. The molecule has 10 heteroatoms. The Kier molecular flexibility index (Phi) is 7.11. The van der Waals surface area contributed by atoms with E-state index in [0.717, 1.165) is 4.47 Å². The van der Waals surface area contributed by atoms with E-state index in [-0.39, 0.29) is 24.7 Å². The molecule has 0 saturated carbocycles. The van der Waals surface area contributed by atoms with Crippen LogP contribution in [-0.4, -0.2) is 57.2 Å². The van der Waals surface area contributed by atoms with Crippen molar-refractivity contribution in [2.75, 3.05) is 38.6 Å². The Balaban J connectivity index is 1.45. The summed E-state index contributed by atoms with van der Waals surface area (Å²) >= 11 is 3.35. The standard InChI is InChI=1S/C18H21BrN2O6S/c19-14-1-3-15(4-2-14)26-13-16-5-6-17(27-16)18(22)20-7-12-28(23,24)21-8-10-25-11-9-21/h1-6H,7-13H2,(H,20,22). The zero-order valence-electron chi connectivity index (χ0n) is 15.1. The van der Waals surface area contributed by atoms with Gasteiger partial charge in [0, 0.05) is 24.1 Å². The molecular weight excluding hydrogens is 452 g/mol. The van der Waals surface area contributed by atoms with E-state index in [1.807, 2.05) is 24.3 Å². The predicted molar refractivity (Wildman–Crippen MR) is 106 cm³/mol. The number of carbonyl (C=O) groups excluding carboxylic acids is 1. The third-order valence-corrected chi connectivity index (χ3v) is 6.49. The van der Waals surface area contributed by atoms with Crippen molar-refractivity contribution in [2.45, 2.75) is 6.61 Å². The molecule has 1 saturated heterocycles. The van der Waals surface area contributed by atoms with Crippen molar-refractivity contribution in [2.24, 2.45) is 0 Å². The van der Waals surface area contributed by atoms with Gasteiger partial charge in [0.05, 0.1) is 19.0 Å². The number of rotatable bonds is 8. The van der Waals surface area contributed by atoms with Gasteiger partial charge in [0.1, 0.15) is 18.1 Å². The minimum atomic E-state index is -3.41. The Bertz CT molecular complexity index is 891. The highest BCUT2D eigenvalue weighted by Crippen LogP contribution is 2.18. The van der Waals surface area contributed by atoms with Gasteiger partial charge in [0.25, 0.3) is 5.91 Å². The molecule has 1 N–H and O–H groups in total. The van der Waals surface area contributed by atoms with Crippen molar-refractivity contribution in [3.63, 3.8) is 0 Å². The SMILES string of the molecule is O=C(NCCS(=O)(=O)N1CCOCC1)c1ccc(COc2ccc(Br)cc2)o1. The van der Waals surface area contributed by atoms with Gasteiger partial charge < -0.3 is 19.2 Å². The van der Waals surface area contributed by atoms with Crippen LogP contribution in [-0.2, 0) is 21.4 Å². The first-order valence-corrected chi connectivity index (χ1v) is 11.1. The molecule has 0 aliphatic carbocycles. The lowest BCUT2D eigenvalue weighted by atomic mass is 10.3. The van der Waals surface area contributed by atoms with E-state index in [1.54, 1.807) is 6.07 Å². The van der Waals surface area contributed by atoms with Crippen molar-refractivity contribution in [1.29, 1.82) is 0 Å². The Morgan fingerprint density at radius 1 is 1.14 bits per heavy atom. The average molecular weight is 473 g/mol. The molecule has 1 aliphatic rings. The third-order valence-electron chi connectivity index (χ3n) is 4.09. The first-order chi connectivity index (χ1) is 13.4. The summed E-state index contributed by atoms with van der Waals surface area (Å²) in [5.41, 5.74) is 0. The van der Waals surface area contributed by atoms with E-state index in [9.17, 15) is 13.2 Å². The van der Waals surface area contributed by atoms with E-state index in [2.05, 4.69) is 21.2 Å².